The first-order valence-electron chi connectivity index (χ1n) is 25.8. The molecule has 7 atom stereocenters. The highest BCUT2D eigenvalue weighted by Gasteiger charge is 2.58. The molecule has 0 amide bonds. The quantitative estimate of drug-likeness (QED) is 0.0404. The summed E-state index contributed by atoms with van der Waals surface area (Å²) in [6, 6.07) is 26.4. The first kappa shape index (κ1) is 52.7. The number of hydrogen-bond donors (Lipinski definition) is 7. The molecule has 7 unspecified atom stereocenters. The van der Waals surface area contributed by atoms with Crippen LogP contribution in [-0.4, -0.2) is 88.0 Å². The zero-order chi connectivity index (χ0) is 51.2. The number of carbonyl (C=O) groups excluding carboxylic acids is 1. The smallest absolute Gasteiger partial charge is 0.186 e. The van der Waals surface area contributed by atoms with Crippen molar-refractivity contribution in [2.75, 3.05) is 33.3 Å². The molecule has 9 rings (SSSR count). The molecule has 6 aromatic rings. The van der Waals surface area contributed by atoms with Crippen LogP contribution < -0.4 is 24.5 Å². The van der Waals surface area contributed by atoms with Gasteiger partial charge in [-0.2, -0.15) is 12.4 Å². The summed E-state index contributed by atoms with van der Waals surface area (Å²) in [5.41, 5.74) is 5.82. The first-order valence-corrected chi connectivity index (χ1v) is 28.2. The number of ketones is 1. The van der Waals surface area contributed by atoms with E-state index in [1.165, 1.54) is 21.6 Å². The Balaban J connectivity index is 1.22. The van der Waals surface area contributed by atoms with Gasteiger partial charge in [0.2, 0.25) is 0 Å². The molecule has 2 fully saturated rings. The van der Waals surface area contributed by atoms with Gasteiger partial charge in [0.15, 0.2) is 35.6 Å². The molecular formula is C59H69N2O10S2-. The van der Waals surface area contributed by atoms with E-state index < -0.39 is 42.2 Å². The van der Waals surface area contributed by atoms with Crippen molar-refractivity contribution >= 4 is 38.1 Å². The number of rotatable bonds is 14. The number of fused-ring (bicyclic) bond motifs is 2. The van der Waals surface area contributed by atoms with Gasteiger partial charge in [0, 0.05) is 30.2 Å². The highest BCUT2D eigenvalue weighted by molar-refractivity contribution is 8.76. The molecule has 7 N–H and O–H groups in total. The highest BCUT2D eigenvalue weighted by Crippen LogP contribution is 2.52. The fraction of sp³-hybridized carbons (Fsp3) is 0.441. The van der Waals surface area contributed by atoms with Gasteiger partial charge in [-0.25, -0.2) is 0 Å². The Labute approximate surface area is 436 Å². The average molecular weight is 1030 g/mol. The van der Waals surface area contributed by atoms with Gasteiger partial charge >= 0.3 is 0 Å². The van der Waals surface area contributed by atoms with Crippen LogP contribution in [-0.2, 0) is 48.9 Å². The number of aliphatic hydroxyl groups is 4. The lowest BCUT2D eigenvalue weighted by atomic mass is 9.55. The maximum atomic E-state index is 16.6. The van der Waals surface area contributed by atoms with E-state index in [9.17, 15) is 30.6 Å². The predicted molar refractivity (Wildman–Crippen MR) is 288 cm³/mol. The van der Waals surface area contributed by atoms with Crippen molar-refractivity contribution in [2.24, 2.45) is 17.8 Å². The van der Waals surface area contributed by atoms with Crippen molar-refractivity contribution in [1.29, 1.82) is 0 Å². The van der Waals surface area contributed by atoms with E-state index in [2.05, 4.69) is 41.5 Å². The second-order valence-electron chi connectivity index (χ2n) is 20.2. The maximum absolute atomic E-state index is 16.6. The number of phenolic OH excluding ortho intramolecular Hbond substituents is 2. The summed E-state index contributed by atoms with van der Waals surface area (Å²) < 4.78 is 18.3. The SMILES string of the molecule is CCc1ccc2cccc3c2c1Cc1c(ccc(O)c1OC)CC(Cc1cc[n-]c1)C(O)C1C(=O)C(Cc2ccc(OCO)c(OC4CCCCC4)c2)(c2cc(O)cc(CNC)c2)C(O)CC1CSSC3CO. The van der Waals surface area contributed by atoms with Gasteiger partial charge in [0.25, 0.3) is 0 Å². The van der Waals surface area contributed by atoms with E-state index in [1.807, 2.05) is 36.4 Å². The van der Waals surface area contributed by atoms with Crippen LogP contribution in [0, 0.1) is 17.8 Å². The highest BCUT2D eigenvalue weighted by atomic mass is 33.1. The maximum Gasteiger partial charge on any atom is 0.186 e. The van der Waals surface area contributed by atoms with Crippen molar-refractivity contribution in [3.05, 3.63) is 147 Å². The largest absolute Gasteiger partial charge is 0.670 e. The zero-order valence-corrected chi connectivity index (χ0v) is 43.6. The first-order chi connectivity index (χ1) is 35.5. The molecule has 0 bridgehead atoms. The van der Waals surface area contributed by atoms with Crippen LogP contribution in [0.15, 0.2) is 97.3 Å². The minimum Gasteiger partial charge on any atom is -0.670 e. The average Bonchev–Trinajstić information content (AvgIpc) is 3.91. The number of nitrogens with zero attached hydrogens (tertiary/aromatic N) is 1. The molecule has 0 saturated heterocycles. The van der Waals surface area contributed by atoms with Crippen molar-refractivity contribution in [2.45, 2.75) is 113 Å². The second kappa shape index (κ2) is 23.6. The van der Waals surface area contributed by atoms with E-state index in [-0.39, 0.29) is 48.1 Å². The number of nitrogens with one attached hydrogen (secondary N) is 1. The molecule has 5 aromatic carbocycles. The summed E-state index contributed by atoms with van der Waals surface area (Å²) in [6.45, 7) is 1.79. The Kier molecular flexibility index (Phi) is 17.0. The molecule has 14 heteroatoms. The van der Waals surface area contributed by atoms with Gasteiger partial charge in [0.1, 0.15) is 5.75 Å². The second-order valence-corrected chi connectivity index (χ2v) is 22.8. The van der Waals surface area contributed by atoms with E-state index >= 15 is 4.79 Å². The number of aromatic hydroxyl groups is 2. The minimum atomic E-state index is -1.67. The molecule has 2 heterocycles. The van der Waals surface area contributed by atoms with Gasteiger partial charge < -0.3 is 55.2 Å². The number of Topliss-reactive ketones (excluding diaryl/α,β-unsaturated/α-hetero) is 1. The Morgan fingerprint density at radius 3 is 2.47 bits per heavy atom. The molecule has 1 aliphatic heterocycles. The lowest BCUT2D eigenvalue weighted by Gasteiger charge is -2.49. The molecule has 3 aliphatic rings. The van der Waals surface area contributed by atoms with Gasteiger partial charge in [-0.1, -0.05) is 95.1 Å². The summed E-state index contributed by atoms with van der Waals surface area (Å²) in [5.74, 6) is -1.03. The number of carbonyl (C=O) groups is 1. The van der Waals surface area contributed by atoms with Crippen LogP contribution in [0.2, 0.25) is 0 Å². The van der Waals surface area contributed by atoms with Crippen LogP contribution in [0.1, 0.15) is 101 Å². The van der Waals surface area contributed by atoms with Crippen LogP contribution in [0.25, 0.3) is 10.8 Å². The van der Waals surface area contributed by atoms with Gasteiger partial charge in [0.05, 0.1) is 42.7 Å². The third-order valence-corrected chi connectivity index (χ3v) is 18.6. The number of hydrogen-bond acceptors (Lipinski definition) is 13. The third-order valence-electron chi connectivity index (χ3n) is 15.8. The van der Waals surface area contributed by atoms with Crippen molar-refractivity contribution in [1.82, 2.24) is 10.3 Å². The number of phenols is 2. The van der Waals surface area contributed by atoms with Crippen LogP contribution in [0.4, 0.5) is 0 Å². The fourth-order valence-electron chi connectivity index (χ4n) is 12.2. The van der Waals surface area contributed by atoms with Gasteiger partial charge in [-0.3, -0.25) is 4.79 Å². The number of aromatic nitrogens is 1. The molecular weight excluding hydrogens is 961 g/mol. The Hall–Kier alpha value is -5.19. The lowest BCUT2D eigenvalue weighted by molar-refractivity contribution is -0.149. The monoisotopic (exact) mass is 1030 g/mol. The van der Waals surface area contributed by atoms with E-state index in [1.54, 1.807) is 50.8 Å². The van der Waals surface area contributed by atoms with Crippen LogP contribution >= 0.6 is 21.6 Å². The summed E-state index contributed by atoms with van der Waals surface area (Å²) in [7, 11) is 6.42. The number of ether oxygens (including phenoxy) is 3. The van der Waals surface area contributed by atoms with Crippen molar-refractivity contribution in [3.63, 3.8) is 0 Å². The van der Waals surface area contributed by atoms with E-state index in [0.29, 0.717) is 65.5 Å². The summed E-state index contributed by atoms with van der Waals surface area (Å²) in [5, 5.41) is 75.5. The Bertz CT molecular complexity index is 2850. The third kappa shape index (κ3) is 11.0. The summed E-state index contributed by atoms with van der Waals surface area (Å²) in [6.07, 6.45) is 7.83. The molecule has 388 valence electrons. The van der Waals surface area contributed by atoms with Gasteiger partial charge in [-0.15, -0.1) is 0 Å². The van der Waals surface area contributed by atoms with Crippen LogP contribution in [0.3, 0.4) is 0 Å². The van der Waals surface area contributed by atoms with Gasteiger partial charge in [-0.05, 0) is 157 Å². The Morgan fingerprint density at radius 1 is 0.890 bits per heavy atom. The number of benzene rings is 5. The topological polar surface area (TPSA) is 192 Å². The van der Waals surface area contributed by atoms with E-state index in [4.69, 9.17) is 14.2 Å². The number of aliphatic hydroxyl groups excluding tert-OH is 4. The normalized spacial score (nSPS) is 24.0. The molecule has 0 radical (unpaired) electrons. The molecule has 2 aliphatic carbocycles. The fourth-order valence-corrected chi connectivity index (χ4v) is 15.1. The van der Waals surface area contributed by atoms with Crippen LogP contribution in [0.5, 0.6) is 28.7 Å². The van der Waals surface area contributed by atoms with Crippen molar-refractivity contribution in [3.8, 4) is 28.7 Å². The van der Waals surface area contributed by atoms with Crippen molar-refractivity contribution < 1.29 is 49.6 Å². The molecule has 12 nitrogen and oxygen atoms in total. The molecule has 1 aromatic heterocycles. The Morgan fingerprint density at radius 2 is 1.73 bits per heavy atom. The standard InChI is InChI=1S/C59H69N2O10S2/c1-4-38-14-15-39-9-8-12-46-52(32-62)73-72-33-42-26-53(66)59(43-22-37(30-60-2)23-44(64)27-43,29-35-13-18-50(70-34-63)51(24-35)71-45-10-6-5-7-11-45)58(68)55(42)56(67)41(21-36-19-20-61-31-36)25-40-16-17-49(65)57(69-3)48(40)28-47(38)54(39)46/h8-9,12-20,22-24,27,31,41-42,45,52-53,55-56,60,62-67H,4-7,10-11,21,25-26,28-30,32-34H2,1-3H3/q-1. The zero-order valence-electron chi connectivity index (χ0n) is 42.0. The molecule has 73 heavy (non-hydrogen) atoms. The number of methoxy groups -OCH3 is 1. The predicted octanol–water partition coefficient (Wildman–Crippen LogP) is 9.07. The minimum absolute atomic E-state index is 0.000922. The lowest BCUT2D eigenvalue weighted by Crippen LogP contribution is -2.61. The number of aryl methyl sites for hydroxylation is 1. The summed E-state index contributed by atoms with van der Waals surface area (Å²) >= 11 is 0. The molecule has 0 spiro atoms. The van der Waals surface area contributed by atoms with E-state index in [0.717, 1.165) is 82.7 Å². The summed E-state index contributed by atoms with van der Waals surface area (Å²) in [4.78, 5) is 21.0. The molecule has 2 saturated carbocycles.